The van der Waals surface area contributed by atoms with Gasteiger partial charge in [-0.1, -0.05) is 51.0 Å². The fourth-order valence-electron chi connectivity index (χ4n) is 3.07. The Morgan fingerprint density at radius 2 is 1.77 bits per heavy atom. The van der Waals surface area contributed by atoms with Crippen LogP contribution in [0, 0.1) is 0 Å². The lowest BCUT2D eigenvalue weighted by molar-refractivity contribution is 0.390. The van der Waals surface area contributed by atoms with Crippen LogP contribution in [0.15, 0.2) is 36.4 Å². The lowest BCUT2D eigenvalue weighted by atomic mass is 9.94. The molecule has 0 radical (unpaired) electrons. The molecule has 1 atom stereocenters. The summed E-state index contributed by atoms with van der Waals surface area (Å²) in [6.45, 7) is 4.26. The fraction of sp³-hybridized carbons (Fsp3) is 0.333. The van der Waals surface area contributed by atoms with Crippen LogP contribution in [0.25, 0.3) is 11.1 Å². The van der Waals surface area contributed by atoms with Crippen molar-refractivity contribution in [2.24, 2.45) is 0 Å². The van der Waals surface area contributed by atoms with E-state index in [1.54, 1.807) is 12.1 Å². The van der Waals surface area contributed by atoms with Crippen LogP contribution in [0.4, 0.5) is 0 Å². The van der Waals surface area contributed by atoms with E-state index in [1.165, 1.54) is 5.56 Å². The Morgan fingerprint density at radius 3 is 2.50 bits per heavy atom. The summed E-state index contributed by atoms with van der Waals surface area (Å²) in [6.07, 6.45) is 3.90. The molecule has 1 aliphatic heterocycles. The molecule has 1 unspecified atom stereocenters. The topological polar surface area (TPSA) is 46.5 Å². The van der Waals surface area contributed by atoms with E-state index in [-0.39, 0.29) is 0 Å². The van der Waals surface area contributed by atoms with E-state index in [0.29, 0.717) is 11.1 Å². The van der Waals surface area contributed by atoms with Gasteiger partial charge in [0.1, 0.15) is 5.75 Å². The minimum atomic E-state index is -3.79. The van der Waals surface area contributed by atoms with Gasteiger partial charge in [-0.2, -0.15) is 0 Å². The molecule has 2 aromatic rings. The second kappa shape index (κ2) is 5.91. The molecule has 116 valence electrons. The normalized spacial score (nSPS) is 19.2. The van der Waals surface area contributed by atoms with E-state index < -0.39 is 7.60 Å². The van der Waals surface area contributed by atoms with Crippen LogP contribution in [0.2, 0.25) is 0 Å². The average Bonchev–Trinajstić information content (AvgIpc) is 2.49. The van der Waals surface area contributed by atoms with Crippen LogP contribution in [-0.4, -0.2) is 4.89 Å². The first kappa shape index (κ1) is 15.3. The van der Waals surface area contributed by atoms with E-state index in [0.717, 1.165) is 42.4 Å². The Kier molecular flexibility index (Phi) is 4.12. The number of hydrogen-bond acceptors (Lipinski definition) is 2. The maximum Gasteiger partial charge on any atom is 0.408 e. The van der Waals surface area contributed by atoms with Crippen molar-refractivity contribution >= 4 is 12.9 Å². The SMILES string of the molecule is CCCc1cc(CCC)c2c(c1)-c1ccccc1P(=O)(O)O2. The summed E-state index contributed by atoms with van der Waals surface area (Å²) in [4.78, 5) is 10.3. The van der Waals surface area contributed by atoms with E-state index in [9.17, 15) is 9.46 Å². The molecular formula is C18H21O3P. The van der Waals surface area contributed by atoms with Gasteiger partial charge >= 0.3 is 7.60 Å². The molecule has 0 spiro atoms. The fourth-order valence-corrected chi connectivity index (χ4v) is 4.41. The number of aryl methyl sites for hydroxylation is 2. The monoisotopic (exact) mass is 316 g/mol. The highest BCUT2D eigenvalue weighted by molar-refractivity contribution is 7.62. The largest absolute Gasteiger partial charge is 0.420 e. The maximum atomic E-state index is 12.5. The number of rotatable bonds is 4. The summed E-state index contributed by atoms with van der Waals surface area (Å²) < 4.78 is 18.1. The molecule has 1 heterocycles. The van der Waals surface area contributed by atoms with E-state index >= 15 is 0 Å². The first-order valence-electron chi connectivity index (χ1n) is 7.85. The molecule has 0 amide bonds. The van der Waals surface area contributed by atoms with Crippen LogP contribution < -0.4 is 9.83 Å². The van der Waals surface area contributed by atoms with Crippen molar-refractivity contribution in [1.82, 2.24) is 0 Å². The predicted octanol–water partition coefficient (Wildman–Crippen LogP) is 4.46. The molecule has 0 aromatic heterocycles. The Bertz CT molecular complexity index is 752. The van der Waals surface area contributed by atoms with Crippen LogP contribution in [0.3, 0.4) is 0 Å². The standard InChI is InChI=1S/C18H21O3P/c1-3-7-13-11-14(8-4-2)18-16(12-13)15-9-5-6-10-17(15)22(19,20)21-18/h5-6,9-12H,3-4,7-8H2,1-2H3,(H,19,20). The Morgan fingerprint density at radius 1 is 1.05 bits per heavy atom. The molecule has 0 fully saturated rings. The number of benzene rings is 2. The highest BCUT2D eigenvalue weighted by Crippen LogP contribution is 2.53. The summed E-state index contributed by atoms with van der Waals surface area (Å²) in [5, 5.41) is 0.401. The van der Waals surface area contributed by atoms with Crippen molar-refractivity contribution < 1.29 is 14.0 Å². The van der Waals surface area contributed by atoms with E-state index in [2.05, 4.69) is 26.0 Å². The van der Waals surface area contributed by atoms with Crippen molar-refractivity contribution in [1.29, 1.82) is 0 Å². The molecule has 4 heteroatoms. The van der Waals surface area contributed by atoms with Crippen molar-refractivity contribution in [2.75, 3.05) is 0 Å². The third-order valence-corrected chi connectivity index (χ3v) is 5.43. The van der Waals surface area contributed by atoms with Gasteiger partial charge in [0, 0.05) is 11.1 Å². The zero-order chi connectivity index (χ0) is 15.7. The van der Waals surface area contributed by atoms with Gasteiger partial charge < -0.3 is 9.42 Å². The van der Waals surface area contributed by atoms with Crippen molar-refractivity contribution in [3.05, 3.63) is 47.5 Å². The van der Waals surface area contributed by atoms with Gasteiger partial charge in [0.25, 0.3) is 0 Å². The molecule has 0 aliphatic carbocycles. The molecule has 0 saturated heterocycles. The van der Waals surface area contributed by atoms with E-state index in [4.69, 9.17) is 4.52 Å². The number of fused-ring (bicyclic) bond motifs is 3. The minimum Gasteiger partial charge on any atom is -0.420 e. The highest BCUT2D eigenvalue weighted by Gasteiger charge is 2.35. The molecular weight excluding hydrogens is 295 g/mol. The van der Waals surface area contributed by atoms with Crippen LogP contribution >= 0.6 is 7.60 Å². The minimum absolute atomic E-state index is 0.401. The van der Waals surface area contributed by atoms with Crippen molar-refractivity contribution in [2.45, 2.75) is 39.5 Å². The molecule has 3 nitrogen and oxygen atoms in total. The quantitative estimate of drug-likeness (QED) is 0.847. The first-order chi connectivity index (χ1) is 10.6. The van der Waals surface area contributed by atoms with E-state index in [1.807, 2.05) is 12.1 Å². The predicted molar refractivity (Wildman–Crippen MR) is 90.0 cm³/mol. The molecule has 3 rings (SSSR count). The summed E-state index contributed by atoms with van der Waals surface area (Å²) in [5.41, 5.74) is 4.07. The Labute approximate surface area is 131 Å². The summed E-state index contributed by atoms with van der Waals surface area (Å²) in [7, 11) is -3.79. The van der Waals surface area contributed by atoms with Gasteiger partial charge in [0.15, 0.2) is 0 Å². The van der Waals surface area contributed by atoms with Crippen LogP contribution in [0.5, 0.6) is 5.75 Å². The first-order valence-corrected chi connectivity index (χ1v) is 9.42. The van der Waals surface area contributed by atoms with Crippen LogP contribution in [0.1, 0.15) is 37.8 Å². The maximum absolute atomic E-state index is 12.5. The average molecular weight is 316 g/mol. The summed E-state index contributed by atoms with van der Waals surface area (Å²) in [6, 6.07) is 11.5. The van der Waals surface area contributed by atoms with Crippen LogP contribution in [-0.2, 0) is 17.4 Å². The lowest BCUT2D eigenvalue weighted by Crippen LogP contribution is -2.18. The second-order valence-electron chi connectivity index (χ2n) is 5.76. The molecule has 0 bridgehead atoms. The van der Waals surface area contributed by atoms with Gasteiger partial charge in [-0.25, -0.2) is 4.57 Å². The lowest BCUT2D eigenvalue weighted by Gasteiger charge is -2.27. The van der Waals surface area contributed by atoms with Crippen molar-refractivity contribution in [3.8, 4) is 16.9 Å². The molecule has 1 aliphatic rings. The third kappa shape index (κ3) is 2.60. The van der Waals surface area contributed by atoms with Gasteiger partial charge in [-0.3, -0.25) is 0 Å². The summed E-state index contributed by atoms with van der Waals surface area (Å²) in [5.74, 6) is 0.589. The summed E-state index contributed by atoms with van der Waals surface area (Å²) >= 11 is 0. The number of hydrogen-bond donors (Lipinski definition) is 1. The molecule has 22 heavy (non-hydrogen) atoms. The second-order valence-corrected chi connectivity index (χ2v) is 7.47. The van der Waals surface area contributed by atoms with Gasteiger partial charge in [-0.05, 0) is 36.1 Å². The van der Waals surface area contributed by atoms with Crippen molar-refractivity contribution in [3.63, 3.8) is 0 Å². The molecule has 2 aromatic carbocycles. The van der Waals surface area contributed by atoms with Gasteiger partial charge in [-0.15, -0.1) is 0 Å². The molecule has 0 saturated carbocycles. The smallest absolute Gasteiger partial charge is 0.408 e. The Hall–Kier alpha value is -1.57. The molecule has 1 N–H and O–H groups in total. The highest BCUT2D eigenvalue weighted by atomic mass is 31.2. The van der Waals surface area contributed by atoms with Gasteiger partial charge in [0.2, 0.25) is 0 Å². The zero-order valence-electron chi connectivity index (χ0n) is 13.0. The van der Waals surface area contributed by atoms with Gasteiger partial charge in [0.05, 0.1) is 5.30 Å². The Balaban J connectivity index is 2.26. The zero-order valence-corrected chi connectivity index (χ0v) is 13.9. The third-order valence-electron chi connectivity index (χ3n) is 4.00.